The molecule has 0 fully saturated rings. The largest absolute Gasteiger partial charge is 0.300 e. The van der Waals surface area contributed by atoms with E-state index in [0.717, 1.165) is 5.25 Å². The molecule has 0 aliphatic carbocycles. The first-order chi connectivity index (χ1) is 8.24. The molecule has 17 heavy (non-hydrogen) atoms. The Hall–Kier alpha value is -0.470. The molecule has 0 saturated heterocycles. The summed E-state index contributed by atoms with van der Waals surface area (Å²) in [7, 11) is 0. The summed E-state index contributed by atoms with van der Waals surface area (Å²) in [6.45, 7) is 9.30. The van der Waals surface area contributed by atoms with Crippen LogP contribution in [0.15, 0.2) is 29.2 Å². The molecule has 1 aromatic rings. The van der Waals surface area contributed by atoms with Crippen LogP contribution in [-0.2, 0) is 6.42 Å². The molecule has 1 aliphatic heterocycles. The van der Waals surface area contributed by atoms with Crippen LogP contribution in [0.1, 0.15) is 32.8 Å². The Kier molecular flexibility index (Phi) is 4.52. The van der Waals surface area contributed by atoms with Crippen LogP contribution in [0.4, 0.5) is 0 Å². The third kappa shape index (κ3) is 3.05. The molecule has 2 heteroatoms. The first kappa shape index (κ1) is 13.0. The van der Waals surface area contributed by atoms with Crippen molar-refractivity contribution in [3.8, 4) is 0 Å². The first-order valence-corrected chi connectivity index (χ1v) is 7.61. The number of benzene rings is 1. The topological polar surface area (TPSA) is 3.24 Å². The Morgan fingerprint density at radius 2 is 2.12 bits per heavy atom. The van der Waals surface area contributed by atoms with Crippen molar-refractivity contribution in [2.24, 2.45) is 0 Å². The van der Waals surface area contributed by atoms with Crippen LogP contribution < -0.4 is 0 Å². The van der Waals surface area contributed by atoms with E-state index < -0.39 is 0 Å². The zero-order valence-corrected chi connectivity index (χ0v) is 12.0. The summed E-state index contributed by atoms with van der Waals surface area (Å²) >= 11 is 2.07. The van der Waals surface area contributed by atoms with Crippen LogP contribution in [0.25, 0.3) is 0 Å². The van der Waals surface area contributed by atoms with Gasteiger partial charge in [0, 0.05) is 22.7 Å². The van der Waals surface area contributed by atoms with Gasteiger partial charge in [-0.1, -0.05) is 32.0 Å². The molecular weight excluding hydrogens is 226 g/mol. The highest BCUT2D eigenvalue weighted by Crippen LogP contribution is 2.37. The van der Waals surface area contributed by atoms with E-state index in [-0.39, 0.29) is 0 Å². The number of hydrogen-bond acceptors (Lipinski definition) is 2. The molecule has 94 valence electrons. The predicted octanol–water partition coefficient (Wildman–Crippen LogP) is 3.82. The molecule has 0 N–H and O–H groups in total. The summed E-state index contributed by atoms with van der Waals surface area (Å²) in [5.74, 6) is 0. The minimum Gasteiger partial charge on any atom is -0.300 e. The number of hydrogen-bond donors (Lipinski definition) is 0. The molecule has 0 amide bonds. The Morgan fingerprint density at radius 1 is 1.35 bits per heavy atom. The van der Waals surface area contributed by atoms with Crippen molar-refractivity contribution in [1.82, 2.24) is 4.90 Å². The fourth-order valence-corrected chi connectivity index (χ4v) is 3.84. The molecule has 2 rings (SSSR count). The highest BCUT2D eigenvalue weighted by atomic mass is 32.2. The van der Waals surface area contributed by atoms with Crippen LogP contribution in [0.2, 0.25) is 0 Å². The Labute approximate surface area is 110 Å². The number of nitrogens with zero attached hydrogens (tertiary/aromatic N) is 1. The van der Waals surface area contributed by atoms with Crippen molar-refractivity contribution < 1.29 is 0 Å². The van der Waals surface area contributed by atoms with E-state index in [0.29, 0.717) is 6.04 Å². The molecule has 1 aliphatic rings. The van der Waals surface area contributed by atoms with E-state index in [4.69, 9.17) is 0 Å². The van der Waals surface area contributed by atoms with E-state index in [9.17, 15) is 0 Å². The zero-order valence-electron chi connectivity index (χ0n) is 11.1. The standard InChI is InChI=1S/C15H23NS/c1-4-12(3)16(5-2)11-14-10-13-8-6-7-9-15(13)17-14/h6-9,12,14H,4-5,10-11H2,1-3H3. The lowest BCUT2D eigenvalue weighted by Crippen LogP contribution is -2.37. The number of thioether (sulfide) groups is 1. The maximum atomic E-state index is 2.61. The second-order valence-electron chi connectivity index (χ2n) is 4.90. The predicted molar refractivity (Wildman–Crippen MR) is 76.8 cm³/mol. The lowest BCUT2D eigenvalue weighted by Gasteiger charge is -2.29. The minimum absolute atomic E-state index is 0.712. The van der Waals surface area contributed by atoms with Gasteiger partial charge in [-0.25, -0.2) is 0 Å². The quantitative estimate of drug-likeness (QED) is 0.780. The van der Waals surface area contributed by atoms with Gasteiger partial charge in [0.05, 0.1) is 0 Å². The monoisotopic (exact) mass is 249 g/mol. The summed E-state index contributed by atoms with van der Waals surface area (Å²) in [4.78, 5) is 4.11. The summed E-state index contributed by atoms with van der Waals surface area (Å²) in [5.41, 5.74) is 1.54. The molecule has 0 saturated carbocycles. The van der Waals surface area contributed by atoms with Gasteiger partial charge in [0.25, 0.3) is 0 Å². The maximum absolute atomic E-state index is 2.61. The van der Waals surface area contributed by atoms with Crippen molar-refractivity contribution in [1.29, 1.82) is 0 Å². The Bertz CT molecular complexity index is 339. The fraction of sp³-hybridized carbons (Fsp3) is 0.600. The second-order valence-corrected chi connectivity index (χ2v) is 6.24. The van der Waals surface area contributed by atoms with Gasteiger partial charge in [0.2, 0.25) is 0 Å². The molecular formula is C15H23NS. The number of rotatable bonds is 5. The highest BCUT2D eigenvalue weighted by molar-refractivity contribution is 8.00. The van der Waals surface area contributed by atoms with Crippen molar-refractivity contribution >= 4 is 11.8 Å². The lowest BCUT2D eigenvalue weighted by molar-refractivity contribution is 0.216. The molecule has 2 unspecified atom stereocenters. The third-order valence-corrected chi connectivity index (χ3v) is 5.07. The van der Waals surface area contributed by atoms with Gasteiger partial charge in [-0.15, -0.1) is 11.8 Å². The lowest BCUT2D eigenvalue weighted by atomic mass is 10.1. The molecule has 0 radical (unpaired) electrons. The minimum atomic E-state index is 0.712. The van der Waals surface area contributed by atoms with Crippen LogP contribution in [0, 0.1) is 0 Å². The molecule has 0 bridgehead atoms. The van der Waals surface area contributed by atoms with Crippen molar-refractivity contribution in [2.45, 2.75) is 49.8 Å². The molecule has 2 atom stereocenters. The average molecular weight is 249 g/mol. The van der Waals surface area contributed by atoms with Gasteiger partial charge in [0.1, 0.15) is 0 Å². The van der Waals surface area contributed by atoms with E-state index in [1.54, 1.807) is 5.56 Å². The van der Waals surface area contributed by atoms with E-state index in [2.05, 4.69) is 61.7 Å². The normalized spacial score (nSPS) is 20.6. The Morgan fingerprint density at radius 3 is 2.76 bits per heavy atom. The van der Waals surface area contributed by atoms with E-state index in [1.165, 1.54) is 30.8 Å². The van der Waals surface area contributed by atoms with Gasteiger partial charge in [-0.3, -0.25) is 4.90 Å². The van der Waals surface area contributed by atoms with Gasteiger partial charge in [-0.05, 0) is 37.9 Å². The molecule has 1 nitrogen and oxygen atoms in total. The van der Waals surface area contributed by atoms with Crippen LogP contribution in [0.5, 0.6) is 0 Å². The van der Waals surface area contributed by atoms with Crippen LogP contribution in [-0.4, -0.2) is 29.3 Å². The molecule has 0 spiro atoms. The van der Waals surface area contributed by atoms with Gasteiger partial charge < -0.3 is 0 Å². The summed E-state index contributed by atoms with van der Waals surface area (Å²) in [6, 6.07) is 9.57. The SMILES string of the molecule is CCC(C)N(CC)CC1Cc2ccccc2S1. The summed E-state index contributed by atoms with van der Waals surface area (Å²) in [5, 5.41) is 0.751. The van der Waals surface area contributed by atoms with E-state index in [1.807, 2.05) is 0 Å². The second kappa shape index (κ2) is 5.92. The van der Waals surface area contributed by atoms with Gasteiger partial charge in [0.15, 0.2) is 0 Å². The molecule has 1 heterocycles. The highest BCUT2D eigenvalue weighted by Gasteiger charge is 2.24. The Balaban J connectivity index is 1.94. The van der Waals surface area contributed by atoms with Crippen molar-refractivity contribution in [3.63, 3.8) is 0 Å². The fourth-order valence-electron chi connectivity index (χ4n) is 2.50. The summed E-state index contributed by atoms with van der Waals surface area (Å²) in [6.07, 6.45) is 2.49. The average Bonchev–Trinajstić information content (AvgIpc) is 2.77. The van der Waals surface area contributed by atoms with Gasteiger partial charge >= 0.3 is 0 Å². The van der Waals surface area contributed by atoms with E-state index >= 15 is 0 Å². The zero-order chi connectivity index (χ0) is 12.3. The van der Waals surface area contributed by atoms with Gasteiger partial charge in [-0.2, -0.15) is 0 Å². The first-order valence-electron chi connectivity index (χ1n) is 6.73. The summed E-state index contributed by atoms with van der Waals surface area (Å²) < 4.78 is 0. The molecule has 0 aromatic heterocycles. The number of fused-ring (bicyclic) bond motifs is 1. The molecule has 1 aromatic carbocycles. The smallest absolute Gasteiger partial charge is 0.0263 e. The van der Waals surface area contributed by atoms with Crippen LogP contribution in [0.3, 0.4) is 0 Å². The maximum Gasteiger partial charge on any atom is 0.0263 e. The van der Waals surface area contributed by atoms with Crippen molar-refractivity contribution in [2.75, 3.05) is 13.1 Å². The third-order valence-electron chi connectivity index (χ3n) is 3.77. The van der Waals surface area contributed by atoms with Crippen LogP contribution >= 0.6 is 11.8 Å². The van der Waals surface area contributed by atoms with Crippen molar-refractivity contribution in [3.05, 3.63) is 29.8 Å².